The predicted octanol–water partition coefficient (Wildman–Crippen LogP) is 5.22. The average molecular weight is 416 g/mol. The summed E-state index contributed by atoms with van der Waals surface area (Å²) < 4.78 is 17.4. The van der Waals surface area contributed by atoms with Gasteiger partial charge < -0.3 is 14.2 Å². The Morgan fingerprint density at radius 2 is 1.68 bits per heavy atom. The topological polar surface area (TPSA) is 69.2 Å². The van der Waals surface area contributed by atoms with E-state index in [9.17, 15) is 4.79 Å². The molecule has 0 spiro atoms. The van der Waals surface area contributed by atoms with Crippen LogP contribution in [-0.2, 0) is 9.47 Å². The molecule has 4 rings (SSSR count). The average Bonchev–Trinajstić information content (AvgIpc) is 2.81. The molecule has 0 saturated heterocycles. The van der Waals surface area contributed by atoms with E-state index in [1.165, 1.54) is 0 Å². The fourth-order valence-corrected chi connectivity index (χ4v) is 3.35. The van der Waals surface area contributed by atoms with E-state index in [2.05, 4.69) is 10.3 Å². The van der Waals surface area contributed by atoms with Crippen molar-refractivity contribution < 1.29 is 19.0 Å². The Bertz CT molecular complexity index is 1020. The third kappa shape index (κ3) is 5.22. The van der Waals surface area contributed by atoms with Gasteiger partial charge in [-0.25, -0.2) is 9.79 Å². The van der Waals surface area contributed by atoms with Gasteiger partial charge in [0.05, 0.1) is 13.2 Å². The van der Waals surface area contributed by atoms with E-state index < -0.39 is 18.3 Å². The van der Waals surface area contributed by atoms with Crippen LogP contribution < -0.4 is 10.1 Å². The minimum atomic E-state index is -0.558. The molecule has 1 N–H and O–H groups in total. The van der Waals surface area contributed by atoms with E-state index in [1.54, 1.807) is 12.1 Å². The Hall–Kier alpha value is -3.80. The molecule has 0 aromatic heterocycles. The van der Waals surface area contributed by atoms with Gasteiger partial charge in [-0.05, 0) is 48.9 Å². The monoisotopic (exact) mass is 416 g/mol. The van der Waals surface area contributed by atoms with Crippen molar-refractivity contribution in [3.63, 3.8) is 0 Å². The number of rotatable bonds is 6. The number of benzene rings is 3. The summed E-state index contributed by atoms with van der Waals surface area (Å²) in [7, 11) is 0. The minimum absolute atomic E-state index is 0.296. The lowest BCUT2D eigenvalue weighted by Gasteiger charge is -2.31. The highest BCUT2D eigenvalue weighted by atomic mass is 16.6. The third-order valence-electron chi connectivity index (χ3n) is 4.81. The molecule has 0 radical (unpaired) electrons. The molecule has 1 amide bonds. The first-order valence-electron chi connectivity index (χ1n) is 10.2. The predicted molar refractivity (Wildman–Crippen MR) is 120 cm³/mol. The maximum absolute atomic E-state index is 12.5. The second kappa shape index (κ2) is 9.80. The summed E-state index contributed by atoms with van der Waals surface area (Å²) in [6.45, 7) is 2.85. The summed E-state index contributed by atoms with van der Waals surface area (Å²) in [5, 5.41) is 2.74. The minimum Gasteiger partial charge on any atom is -0.494 e. The molecule has 158 valence electrons. The molecule has 0 bridgehead atoms. The van der Waals surface area contributed by atoms with E-state index in [0.29, 0.717) is 24.7 Å². The van der Waals surface area contributed by atoms with Crippen molar-refractivity contribution in [1.82, 2.24) is 0 Å². The van der Waals surface area contributed by atoms with Crippen molar-refractivity contribution in [1.29, 1.82) is 0 Å². The van der Waals surface area contributed by atoms with Crippen LogP contribution in [0.4, 0.5) is 10.5 Å². The molecule has 1 aliphatic rings. The Kier molecular flexibility index (Phi) is 6.47. The van der Waals surface area contributed by atoms with Gasteiger partial charge in [0.1, 0.15) is 5.75 Å². The van der Waals surface area contributed by atoms with Gasteiger partial charge in [-0.15, -0.1) is 0 Å². The Morgan fingerprint density at radius 3 is 2.35 bits per heavy atom. The number of hydrogen-bond acceptors (Lipinski definition) is 5. The summed E-state index contributed by atoms with van der Waals surface area (Å²) in [6.07, 6.45) is -1.57. The van der Waals surface area contributed by atoms with E-state index in [1.807, 2.05) is 79.7 Å². The van der Waals surface area contributed by atoms with Crippen molar-refractivity contribution >= 4 is 17.7 Å². The Balaban J connectivity index is 1.52. The zero-order chi connectivity index (χ0) is 21.5. The van der Waals surface area contributed by atoms with Crippen LogP contribution >= 0.6 is 0 Å². The number of nitrogens with zero attached hydrogens (tertiary/aromatic N) is 1. The Morgan fingerprint density at radius 1 is 1.00 bits per heavy atom. The van der Waals surface area contributed by atoms with E-state index in [4.69, 9.17) is 14.2 Å². The smallest absolute Gasteiger partial charge is 0.412 e. The van der Waals surface area contributed by atoms with Crippen LogP contribution in [0, 0.1) is 0 Å². The second-order valence-electron chi connectivity index (χ2n) is 6.99. The molecule has 6 heteroatoms. The highest BCUT2D eigenvalue weighted by molar-refractivity contribution is 5.95. The highest BCUT2D eigenvalue weighted by Gasteiger charge is 2.33. The molecule has 3 aromatic rings. The van der Waals surface area contributed by atoms with Crippen molar-refractivity contribution in [3.8, 4) is 5.75 Å². The number of ether oxygens (including phenoxy) is 3. The van der Waals surface area contributed by atoms with E-state index in [0.717, 1.165) is 16.9 Å². The molecule has 0 saturated carbocycles. The lowest BCUT2D eigenvalue weighted by atomic mass is 10.0. The fraction of sp³-hybridized carbons (Fsp3) is 0.200. The lowest BCUT2D eigenvalue weighted by Crippen LogP contribution is -2.37. The second-order valence-corrected chi connectivity index (χ2v) is 6.99. The van der Waals surface area contributed by atoms with Crippen LogP contribution in [0.3, 0.4) is 0 Å². The van der Waals surface area contributed by atoms with Gasteiger partial charge in [-0.2, -0.15) is 0 Å². The number of carbonyl (C=O) groups is 1. The number of nitrogens with one attached hydrogen (secondary N) is 1. The molecule has 1 aliphatic heterocycles. The van der Waals surface area contributed by atoms with Crippen molar-refractivity contribution in [3.05, 3.63) is 96.1 Å². The molecule has 0 fully saturated rings. The molecule has 2 atom stereocenters. The van der Waals surface area contributed by atoms with Crippen molar-refractivity contribution in [2.45, 2.75) is 19.1 Å². The van der Waals surface area contributed by atoms with Crippen LogP contribution in [-0.4, -0.2) is 31.2 Å². The number of para-hydroxylation sites is 1. The molecule has 0 aliphatic carbocycles. The third-order valence-corrected chi connectivity index (χ3v) is 4.81. The fourth-order valence-electron chi connectivity index (χ4n) is 3.35. The summed E-state index contributed by atoms with van der Waals surface area (Å²) in [6, 6.07) is 26.5. The molecule has 6 nitrogen and oxygen atoms in total. The zero-order valence-electron chi connectivity index (χ0n) is 17.2. The van der Waals surface area contributed by atoms with Crippen molar-refractivity contribution in [2.24, 2.45) is 4.99 Å². The highest BCUT2D eigenvalue weighted by Crippen LogP contribution is 2.29. The maximum Gasteiger partial charge on any atom is 0.412 e. The molecule has 3 aromatic carbocycles. The summed E-state index contributed by atoms with van der Waals surface area (Å²) in [5.74, 6) is 1.31. The molecular weight excluding hydrogens is 392 g/mol. The first-order valence-corrected chi connectivity index (χ1v) is 10.2. The SMILES string of the molecule is CCOc1ccc(C2=NCC(OC(=O)Nc3ccccc3)C(c3ccccc3)O2)cc1. The summed E-state index contributed by atoms with van der Waals surface area (Å²) in [4.78, 5) is 17.0. The lowest BCUT2D eigenvalue weighted by molar-refractivity contribution is 0.00996. The van der Waals surface area contributed by atoms with Crippen LogP contribution in [0.25, 0.3) is 0 Å². The molecule has 31 heavy (non-hydrogen) atoms. The number of aliphatic imine (C=N–C) groups is 1. The van der Waals surface area contributed by atoms with Gasteiger partial charge in [0, 0.05) is 11.3 Å². The van der Waals surface area contributed by atoms with Gasteiger partial charge in [0.15, 0.2) is 12.2 Å². The number of carbonyl (C=O) groups excluding carboxylic acids is 1. The van der Waals surface area contributed by atoms with Crippen LogP contribution in [0.15, 0.2) is 89.9 Å². The van der Waals surface area contributed by atoms with Crippen LogP contribution in [0.1, 0.15) is 24.2 Å². The standard InChI is InChI=1S/C25H24N2O4/c1-2-29-21-15-13-19(14-16-21)24-26-17-22(23(31-24)18-9-5-3-6-10-18)30-25(28)27-20-11-7-4-8-12-20/h3-16,22-23H,2,17H2,1H3,(H,27,28). The maximum atomic E-state index is 12.5. The van der Waals surface area contributed by atoms with Gasteiger partial charge in [-0.3, -0.25) is 5.32 Å². The van der Waals surface area contributed by atoms with Crippen LogP contribution in [0.2, 0.25) is 0 Å². The number of amides is 1. The van der Waals surface area contributed by atoms with Crippen molar-refractivity contribution in [2.75, 3.05) is 18.5 Å². The van der Waals surface area contributed by atoms with E-state index in [-0.39, 0.29) is 0 Å². The number of anilines is 1. The number of hydrogen-bond donors (Lipinski definition) is 1. The molecule has 2 unspecified atom stereocenters. The molecule has 1 heterocycles. The molecular formula is C25H24N2O4. The van der Waals surface area contributed by atoms with Gasteiger partial charge in [-0.1, -0.05) is 48.5 Å². The normalized spacial score (nSPS) is 17.8. The largest absolute Gasteiger partial charge is 0.494 e. The van der Waals surface area contributed by atoms with Gasteiger partial charge in [0.2, 0.25) is 5.90 Å². The first-order chi connectivity index (χ1) is 15.2. The summed E-state index contributed by atoms with van der Waals surface area (Å²) >= 11 is 0. The van der Waals surface area contributed by atoms with Crippen LogP contribution in [0.5, 0.6) is 5.75 Å². The van der Waals surface area contributed by atoms with E-state index >= 15 is 0 Å². The Labute approximate surface area is 181 Å². The first kappa shape index (κ1) is 20.5. The van der Waals surface area contributed by atoms with Gasteiger partial charge in [0.25, 0.3) is 0 Å². The summed E-state index contributed by atoms with van der Waals surface area (Å²) in [5.41, 5.74) is 2.42. The quantitative estimate of drug-likeness (QED) is 0.598. The van der Waals surface area contributed by atoms with Gasteiger partial charge >= 0.3 is 6.09 Å². The zero-order valence-corrected chi connectivity index (χ0v) is 17.2.